The van der Waals surface area contributed by atoms with E-state index in [4.69, 9.17) is 5.73 Å². The second-order valence-corrected chi connectivity index (χ2v) is 8.32. The second-order valence-electron chi connectivity index (χ2n) is 8.32. The fourth-order valence-corrected chi connectivity index (χ4v) is 4.11. The molecule has 3 aromatic rings. The molecule has 8 nitrogen and oxygen atoms in total. The van der Waals surface area contributed by atoms with Crippen LogP contribution in [0.15, 0.2) is 49.1 Å². The van der Waals surface area contributed by atoms with Gasteiger partial charge < -0.3 is 16.0 Å². The van der Waals surface area contributed by atoms with Crippen LogP contribution in [-0.4, -0.2) is 49.7 Å². The molecule has 1 saturated heterocycles. The molecule has 0 spiro atoms. The van der Waals surface area contributed by atoms with Crippen molar-refractivity contribution in [1.29, 1.82) is 0 Å². The number of aromatic nitrogens is 4. The molecule has 0 unspecified atom stereocenters. The molecule has 0 atom stereocenters. The van der Waals surface area contributed by atoms with Crippen LogP contribution >= 0.6 is 0 Å². The molecule has 162 valence electrons. The Bertz CT molecular complexity index is 1040. The van der Waals surface area contributed by atoms with Crippen LogP contribution in [0.2, 0.25) is 0 Å². The van der Waals surface area contributed by atoms with Crippen molar-refractivity contribution in [2.24, 2.45) is 0 Å². The van der Waals surface area contributed by atoms with E-state index in [1.165, 1.54) is 36.4 Å². The Morgan fingerprint density at radius 1 is 1.23 bits per heavy atom. The molecule has 1 aliphatic rings. The zero-order valence-electron chi connectivity index (χ0n) is 18.0. The van der Waals surface area contributed by atoms with Crippen molar-refractivity contribution in [3.05, 3.63) is 65.9 Å². The highest BCUT2D eigenvalue weighted by atomic mass is 16.1. The van der Waals surface area contributed by atoms with Crippen molar-refractivity contribution in [2.75, 3.05) is 24.1 Å². The van der Waals surface area contributed by atoms with Gasteiger partial charge in [-0.2, -0.15) is 5.10 Å². The summed E-state index contributed by atoms with van der Waals surface area (Å²) in [5.41, 5.74) is 9.02. The van der Waals surface area contributed by atoms with E-state index in [1.807, 2.05) is 4.68 Å². The average molecular weight is 420 g/mol. The van der Waals surface area contributed by atoms with Gasteiger partial charge in [0.25, 0.3) is 5.91 Å². The molecule has 8 heteroatoms. The first-order valence-corrected chi connectivity index (χ1v) is 10.7. The predicted molar refractivity (Wildman–Crippen MR) is 121 cm³/mol. The van der Waals surface area contributed by atoms with Crippen LogP contribution in [0.5, 0.6) is 0 Å². The number of benzene rings is 1. The number of nitrogen functional groups attached to an aromatic ring is 1. The third-order valence-electron chi connectivity index (χ3n) is 5.86. The summed E-state index contributed by atoms with van der Waals surface area (Å²) in [4.78, 5) is 22.8. The van der Waals surface area contributed by atoms with Gasteiger partial charge in [-0.3, -0.25) is 9.48 Å². The summed E-state index contributed by atoms with van der Waals surface area (Å²) in [6.45, 7) is 7.49. The number of rotatable bonds is 6. The highest BCUT2D eigenvalue weighted by molar-refractivity contribution is 6.05. The first-order valence-electron chi connectivity index (χ1n) is 10.7. The van der Waals surface area contributed by atoms with Gasteiger partial charge >= 0.3 is 0 Å². The smallest absolute Gasteiger partial charge is 0.278 e. The molecule has 1 amide bonds. The minimum absolute atomic E-state index is 0.100. The fourth-order valence-electron chi connectivity index (χ4n) is 4.11. The van der Waals surface area contributed by atoms with Gasteiger partial charge in [0, 0.05) is 24.6 Å². The monoisotopic (exact) mass is 419 g/mol. The maximum absolute atomic E-state index is 12.4. The van der Waals surface area contributed by atoms with E-state index in [0.29, 0.717) is 24.2 Å². The number of anilines is 2. The number of hydrogen-bond donors (Lipinski definition) is 2. The van der Waals surface area contributed by atoms with Gasteiger partial charge in [-0.15, -0.1) is 0 Å². The summed E-state index contributed by atoms with van der Waals surface area (Å²) in [5, 5.41) is 7.15. The molecule has 2 aromatic heterocycles. The lowest BCUT2D eigenvalue weighted by Gasteiger charge is -2.34. The van der Waals surface area contributed by atoms with E-state index >= 15 is 0 Å². The highest BCUT2D eigenvalue weighted by Gasteiger charge is 2.22. The van der Waals surface area contributed by atoms with Crippen molar-refractivity contribution in [3.63, 3.8) is 0 Å². The average Bonchev–Trinajstić information content (AvgIpc) is 3.20. The predicted octanol–water partition coefficient (Wildman–Crippen LogP) is 3.14. The topological polar surface area (TPSA) is 102 Å². The third-order valence-corrected chi connectivity index (χ3v) is 5.86. The van der Waals surface area contributed by atoms with Crippen LogP contribution in [0.4, 0.5) is 11.5 Å². The molecule has 0 saturated carbocycles. The lowest BCUT2D eigenvalue weighted by atomic mass is 9.88. The van der Waals surface area contributed by atoms with Crippen molar-refractivity contribution < 1.29 is 4.79 Å². The zero-order valence-corrected chi connectivity index (χ0v) is 18.0. The first-order chi connectivity index (χ1) is 15.0. The Morgan fingerprint density at radius 2 is 2.00 bits per heavy atom. The number of nitrogens with zero attached hydrogens (tertiary/aromatic N) is 5. The van der Waals surface area contributed by atoms with Crippen molar-refractivity contribution in [2.45, 2.75) is 45.2 Å². The van der Waals surface area contributed by atoms with E-state index in [0.717, 1.165) is 13.1 Å². The van der Waals surface area contributed by atoms with Gasteiger partial charge in [0.15, 0.2) is 11.5 Å². The van der Waals surface area contributed by atoms with Crippen LogP contribution in [0.1, 0.15) is 54.2 Å². The van der Waals surface area contributed by atoms with Crippen LogP contribution in [0.3, 0.4) is 0 Å². The number of nitrogens with one attached hydrogen (secondary N) is 1. The summed E-state index contributed by atoms with van der Waals surface area (Å²) in [7, 11) is 0. The summed E-state index contributed by atoms with van der Waals surface area (Å²) in [5.74, 6) is 0.309. The Balaban J connectivity index is 1.38. The maximum atomic E-state index is 12.4. The Hall–Kier alpha value is -3.26. The van der Waals surface area contributed by atoms with Crippen LogP contribution < -0.4 is 11.1 Å². The molecule has 1 aliphatic heterocycles. The minimum Gasteiger partial charge on any atom is -0.382 e. The van der Waals surface area contributed by atoms with Gasteiger partial charge in [-0.25, -0.2) is 9.97 Å². The first kappa shape index (κ1) is 21.0. The largest absolute Gasteiger partial charge is 0.382 e. The Morgan fingerprint density at radius 3 is 2.74 bits per heavy atom. The summed E-state index contributed by atoms with van der Waals surface area (Å²) < 4.78 is 1.82. The number of nitrogens with two attached hydrogens (primary N) is 1. The van der Waals surface area contributed by atoms with Gasteiger partial charge in [0.1, 0.15) is 0 Å². The Kier molecular flexibility index (Phi) is 6.27. The van der Waals surface area contributed by atoms with E-state index in [9.17, 15) is 4.79 Å². The molecule has 1 aromatic carbocycles. The standard InChI is InChI=1S/C23H29N7O/c1-16(2)29-10-6-18(7-11-29)19-5-3-4-17(12-19)14-30-15-20(13-27-30)28-23(31)21-22(24)26-9-8-25-21/h3-5,8-9,12-13,15-16,18H,6-7,10-11,14H2,1-2H3,(H2,24,26)(H,28,31). The molecule has 3 heterocycles. The zero-order chi connectivity index (χ0) is 21.8. The number of likely N-dealkylation sites (tertiary alicyclic amines) is 1. The minimum atomic E-state index is -0.403. The van der Waals surface area contributed by atoms with Crippen molar-refractivity contribution >= 4 is 17.4 Å². The van der Waals surface area contributed by atoms with Gasteiger partial charge in [-0.05, 0) is 56.8 Å². The van der Waals surface area contributed by atoms with Crippen molar-refractivity contribution in [3.8, 4) is 0 Å². The van der Waals surface area contributed by atoms with Crippen LogP contribution in [-0.2, 0) is 6.54 Å². The summed E-state index contributed by atoms with van der Waals surface area (Å²) in [6.07, 6.45) is 8.71. The second kappa shape index (κ2) is 9.26. The molecule has 4 rings (SSSR count). The molecule has 31 heavy (non-hydrogen) atoms. The fraction of sp³-hybridized carbons (Fsp3) is 0.391. The van der Waals surface area contributed by atoms with Gasteiger partial charge in [0.05, 0.1) is 18.4 Å². The van der Waals surface area contributed by atoms with E-state index in [-0.39, 0.29) is 11.5 Å². The van der Waals surface area contributed by atoms with E-state index in [2.05, 4.69) is 63.4 Å². The van der Waals surface area contributed by atoms with Crippen LogP contribution in [0, 0.1) is 0 Å². The van der Waals surface area contributed by atoms with Gasteiger partial charge in [-0.1, -0.05) is 24.3 Å². The lowest BCUT2D eigenvalue weighted by molar-refractivity contribution is 0.102. The third kappa shape index (κ3) is 5.08. The molecule has 0 radical (unpaired) electrons. The number of piperidine rings is 1. The van der Waals surface area contributed by atoms with E-state index in [1.54, 1.807) is 12.4 Å². The normalized spacial score (nSPS) is 15.3. The molecular weight excluding hydrogens is 390 g/mol. The number of hydrogen-bond acceptors (Lipinski definition) is 6. The number of carbonyl (C=O) groups excluding carboxylic acids is 1. The highest BCUT2D eigenvalue weighted by Crippen LogP contribution is 2.29. The molecule has 0 aliphatic carbocycles. The van der Waals surface area contributed by atoms with Gasteiger partial charge in [0.2, 0.25) is 0 Å². The SMILES string of the molecule is CC(C)N1CCC(c2cccc(Cn3cc(NC(=O)c4nccnc4N)cn3)c2)CC1. The number of amides is 1. The summed E-state index contributed by atoms with van der Waals surface area (Å²) >= 11 is 0. The van der Waals surface area contributed by atoms with E-state index < -0.39 is 5.91 Å². The Labute approximate surface area is 182 Å². The number of carbonyl (C=O) groups is 1. The quantitative estimate of drug-likeness (QED) is 0.636. The molecular formula is C23H29N7O. The summed E-state index contributed by atoms with van der Waals surface area (Å²) in [6, 6.07) is 9.39. The molecule has 0 bridgehead atoms. The lowest BCUT2D eigenvalue weighted by Crippen LogP contribution is -2.37. The molecule has 3 N–H and O–H groups in total. The molecule has 1 fully saturated rings. The van der Waals surface area contributed by atoms with Crippen molar-refractivity contribution in [1.82, 2.24) is 24.6 Å². The van der Waals surface area contributed by atoms with Crippen LogP contribution in [0.25, 0.3) is 0 Å². The maximum Gasteiger partial charge on any atom is 0.278 e.